The van der Waals surface area contributed by atoms with Crippen LogP contribution in [0.2, 0.25) is 0 Å². The van der Waals surface area contributed by atoms with Gasteiger partial charge in [0, 0.05) is 5.92 Å². The molecule has 0 N–H and O–H groups in total. The van der Waals surface area contributed by atoms with E-state index in [2.05, 4.69) is 0 Å². The van der Waals surface area contributed by atoms with E-state index < -0.39 is 29.1 Å². The highest BCUT2D eigenvalue weighted by molar-refractivity contribution is 5.96. The van der Waals surface area contributed by atoms with E-state index >= 15 is 0 Å². The van der Waals surface area contributed by atoms with E-state index in [1.54, 1.807) is 116 Å². The Hall–Kier alpha value is -5.76. The monoisotopic (exact) mass is 558 g/mol. The van der Waals surface area contributed by atoms with E-state index in [4.69, 9.17) is 18.3 Å². The van der Waals surface area contributed by atoms with E-state index in [1.165, 1.54) is 0 Å². The van der Waals surface area contributed by atoms with Crippen molar-refractivity contribution < 1.29 is 27.9 Å². The predicted molar refractivity (Wildman–Crippen MR) is 155 cm³/mol. The van der Waals surface area contributed by atoms with Crippen LogP contribution in [-0.4, -0.2) is 11.9 Å². The van der Waals surface area contributed by atoms with Gasteiger partial charge in [-0.05, 0) is 48.5 Å². The first-order chi connectivity index (χ1) is 20.4. The van der Waals surface area contributed by atoms with Gasteiger partial charge in [0.25, 0.3) is 0 Å². The zero-order valence-corrected chi connectivity index (χ0v) is 22.2. The summed E-state index contributed by atoms with van der Waals surface area (Å²) in [5.41, 5.74) is -0.983. The van der Waals surface area contributed by atoms with Gasteiger partial charge in [-0.25, -0.2) is 19.2 Å². The van der Waals surface area contributed by atoms with E-state index in [9.17, 15) is 19.2 Å². The van der Waals surface area contributed by atoms with Crippen molar-refractivity contribution in [3.05, 3.63) is 152 Å². The third kappa shape index (κ3) is 4.86. The van der Waals surface area contributed by atoms with Gasteiger partial charge >= 0.3 is 23.2 Å². The molecule has 8 nitrogen and oxygen atoms in total. The van der Waals surface area contributed by atoms with Crippen molar-refractivity contribution in [1.82, 2.24) is 0 Å². The van der Waals surface area contributed by atoms with Crippen LogP contribution in [0.25, 0.3) is 21.9 Å². The fourth-order valence-corrected chi connectivity index (χ4v) is 4.83. The number of esters is 2. The van der Waals surface area contributed by atoms with Crippen LogP contribution >= 0.6 is 0 Å². The topological polar surface area (TPSA) is 113 Å². The summed E-state index contributed by atoms with van der Waals surface area (Å²) in [6.45, 7) is 1.56. The number of para-hydroxylation sites is 2. The van der Waals surface area contributed by atoms with Crippen molar-refractivity contribution in [3.63, 3.8) is 0 Å². The average Bonchev–Trinajstić information content (AvgIpc) is 3.01. The van der Waals surface area contributed by atoms with Gasteiger partial charge in [0.15, 0.2) is 11.5 Å². The van der Waals surface area contributed by atoms with Gasteiger partial charge in [0.05, 0.1) is 33.0 Å². The highest BCUT2D eigenvalue weighted by atomic mass is 16.5. The van der Waals surface area contributed by atoms with Crippen LogP contribution in [0.3, 0.4) is 0 Å². The summed E-state index contributed by atoms with van der Waals surface area (Å²) in [5, 5.41) is 0.687. The first kappa shape index (κ1) is 26.5. The molecule has 8 heteroatoms. The molecule has 206 valence electrons. The Labute approximate surface area is 238 Å². The number of benzene rings is 4. The van der Waals surface area contributed by atoms with Crippen molar-refractivity contribution in [2.75, 3.05) is 0 Å². The lowest BCUT2D eigenvalue weighted by Crippen LogP contribution is -2.23. The van der Waals surface area contributed by atoms with E-state index in [-0.39, 0.29) is 44.9 Å². The van der Waals surface area contributed by atoms with Crippen molar-refractivity contribution in [2.45, 2.75) is 12.8 Å². The van der Waals surface area contributed by atoms with Crippen LogP contribution in [0.1, 0.15) is 44.7 Å². The minimum Gasteiger partial charge on any atom is -0.422 e. The molecule has 4 aromatic carbocycles. The molecule has 2 heterocycles. The molecule has 0 atom stereocenters. The Morgan fingerprint density at radius 3 is 1.31 bits per heavy atom. The average molecular weight is 559 g/mol. The Kier molecular flexibility index (Phi) is 6.94. The molecule has 6 aromatic rings. The van der Waals surface area contributed by atoms with E-state index in [1.807, 2.05) is 0 Å². The van der Waals surface area contributed by atoms with Crippen molar-refractivity contribution in [2.24, 2.45) is 0 Å². The summed E-state index contributed by atoms with van der Waals surface area (Å²) in [6, 6.07) is 29.8. The fourth-order valence-electron chi connectivity index (χ4n) is 4.83. The van der Waals surface area contributed by atoms with Gasteiger partial charge in [-0.1, -0.05) is 67.6 Å². The molecule has 0 aliphatic heterocycles. The number of rotatable bonds is 6. The normalized spacial score (nSPS) is 11.1. The molecule has 0 fully saturated rings. The first-order valence-corrected chi connectivity index (χ1v) is 13.1. The number of ether oxygens (including phenoxy) is 2. The summed E-state index contributed by atoms with van der Waals surface area (Å²) >= 11 is 0. The first-order valence-electron chi connectivity index (χ1n) is 13.1. The van der Waals surface area contributed by atoms with Gasteiger partial charge in [0.1, 0.15) is 11.2 Å². The quantitative estimate of drug-likeness (QED) is 0.168. The Bertz CT molecular complexity index is 1920. The van der Waals surface area contributed by atoms with Gasteiger partial charge in [0.2, 0.25) is 0 Å². The Morgan fingerprint density at radius 1 is 0.548 bits per heavy atom. The Balaban J connectivity index is 1.56. The van der Waals surface area contributed by atoms with Crippen molar-refractivity contribution in [1.29, 1.82) is 0 Å². The second kappa shape index (κ2) is 11.0. The second-order valence-corrected chi connectivity index (χ2v) is 9.49. The molecule has 0 bridgehead atoms. The zero-order chi connectivity index (χ0) is 29.2. The van der Waals surface area contributed by atoms with Crippen LogP contribution < -0.4 is 20.7 Å². The summed E-state index contributed by atoms with van der Waals surface area (Å²) in [6.07, 6.45) is 0. The molecule has 2 aromatic heterocycles. The van der Waals surface area contributed by atoms with Gasteiger partial charge in [-0.15, -0.1) is 0 Å². The number of hydrogen-bond donors (Lipinski definition) is 0. The summed E-state index contributed by atoms with van der Waals surface area (Å²) < 4.78 is 22.9. The molecule has 0 aliphatic carbocycles. The molecule has 0 unspecified atom stereocenters. The zero-order valence-electron chi connectivity index (χ0n) is 22.2. The molecular formula is C34H22O8. The van der Waals surface area contributed by atoms with Crippen LogP contribution in [0, 0.1) is 0 Å². The van der Waals surface area contributed by atoms with Crippen LogP contribution in [0.4, 0.5) is 0 Å². The van der Waals surface area contributed by atoms with Gasteiger partial charge in [-0.2, -0.15) is 0 Å². The number of carbonyl (C=O) groups excluding carboxylic acids is 2. The number of carbonyl (C=O) groups is 2. The highest BCUT2D eigenvalue weighted by Crippen LogP contribution is 2.40. The van der Waals surface area contributed by atoms with Crippen molar-refractivity contribution in [3.8, 4) is 11.5 Å². The lowest BCUT2D eigenvalue weighted by atomic mass is 9.92. The maximum Gasteiger partial charge on any atom is 0.343 e. The standard InChI is InChI=1S/C34H22O8/c1-20(27-29(41-31(35)21-12-4-2-5-13-21)23-16-8-10-18-25(23)39-33(27)37)28-30(42-32(36)22-14-6-3-7-15-22)24-17-9-11-19-26(24)40-34(28)38/h2-20H,1H3. The van der Waals surface area contributed by atoms with Crippen LogP contribution in [0.5, 0.6) is 11.5 Å². The molecule has 6 rings (SSSR count). The third-order valence-corrected chi connectivity index (χ3v) is 6.87. The summed E-state index contributed by atoms with van der Waals surface area (Å²) in [4.78, 5) is 53.4. The fraction of sp³-hybridized carbons (Fsp3) is 0.0588. The molecular weight excluding hydrogens is 536 g/mol. The molecule has 0 saturated heterocycles. The van der Waals surface area contributed by atoms with Gasteiger partial charge < -0.3 is 18.3 Å². The number of hydrogen-bond acceptors (Lipinski definition) is 8. The minimum absolute atomic E-state index is 0.0731. The maximum absolute atomic E-state index is 13.5. The second-order valence-electron chi connectivity index (χ2n) is 9.49. The smallest absolute Gasteiger partial charge is 0.343 e. The summed E-state index contributed by atoms with van der Waals surface area (Å²) in [7, 11) is 0. The molecule has 0 spiro atoms. The molecule has 42 heavy (non-hydrogen) atoms. The SMILES string of the molecule is CC(c1c(OC(=O)c2ccccc2)c2ccccc2oc1=O)c1c(OC(=O)c2ccccc2)c2ccccc2oc1=O. The van der Waals surface area contributed by atoms with Gasteiger partial charge in [-0.3, -0.25) is 0 Å². The summed E-state index contributed by atoms with van der Waals surface area (Å²) in [5.74, 6) is -2.65. The molecule has 0 radical (unpaired) electrons. The largest absolute Gasteiger partial charge is 0.422 e. The third-order valence-electron chi connectivity index (χ3n) is 6.87. The van der Waals surface area contributed by atoms with E-state index in [0.29, 0.717) is 10.8 Å². The minimum atomic E-state index is -1.09. The van der Waals surface area contributed by atoms with Crippen LogP contribution in [-0.2, 0) is 0 Å². The molecule has 0 aliphatic rings. The predicted octanol–water partition coefficient (Wildman–Crippen LogP) is 6.49. The lowest BCUT2D eigenvalue weighted by molar-refractivity contribution is 0.0727. The molecule has 0 amide bonds. The number of fused-ring (bicyclic) bond motifs is 2. The Morgan fingerprint density at radius 2 is 0.905 bits per heavy atom. The lowest BCUT2D eigenvalue weighted by Gasteiger charge is -2.19. The highest BCUT2D eigenvalue weighted by Gasteiger charge is 2.31. The maximum atomic E-state index is 13.5. The van der Waals surface area contributed by atoms with Crippen molar-refractivity contribution >= 4 is 33.9 Å². The molecule has 0 saturated carbocycles. The van der Waals surface area contributed by atoms with E-state index in [0.717, 1.165) is 0 Å². The van der Waals surface area contributed by atoms with Crippen LogP contribution in [0.15, 0.2) is 128 Å².